The van der Waals surface area contributed by atoms with Gasteiger partial charge in [0.05, 0.1) is 4.70 Å². The van der Waals surface area contributed by atoms with E-state index >= 15 is 0 Å². The smallest absolute Gasteiger partial charge is 0.251 e. The molecular formula is C23H22N4O2S. The number of nitrogens with one attached hydrogen (secondary N) is 2. The highest BCUT2D eigenvalue weighted by molar-refractivity contribution is 7.13. The second kappa shape index (κ2) is 9.84. The number of pyridine rings is 1. The molecule has 0 radical (unpaired) electrons. The minimum absolute atomic E-state index is 0.0882. The van der Waals surface area contributed by atoms with Gasteiger partial charge in [0.2, 0.25) is 0 Å². The molecule has 6 nitrogen and oxygen atoms in total. The number of benzene rings is 2. The van der Waals surface area contributed by atoms with Gasteiger partial charge in [-0.3, -0.25) is 9.78 Å². The molecule has 1 amide bonds. The van der Waals surface area contributed by atoms with Gasteiger partial charge in [0.25, 0.3) is 5.91 Å². The number of carbonyl (C=O) groups is 1. The first kappa shape index (κ1) is 19.8. The van der Waals surface area contributed by atoms with Gasteiger partial charge in [-0.2, -0.15) is 4.37 Å². The van der Waals surface area contributed by atoms with Crippen molar-refractivity contribution in [2.24, 2.45) is 0 Å². The molecule has 0 fully saturated rings. The van der Waals surface area contributed by atoms with Crippen LogP contribution in [0.2, 0.25) is 0 Å². The Labute approximate surface area is 179 Å². The topological polar surface area (TPSA) is 76.1 Å². The maximum atomic E-state index is 12.3. The zero-order chi connectivity index (χ0) is 20.6. The standard InChI is InChI=1S/C23H22N4O2S/c28-23(18-6-8-19(9-7-18)29-16-17-10-14-24-15-11-17)26-13-3-12-25-22-20-4-1-2-5-21(20)30-27-22/h1-2,4-11,14-15H,3,12-13,16H2,(H,25,27)(H,26,28). The summed E-state index contributed by atoms with van der Waals surface area (Å²) in [5, 5.41) is 7.43. The molecule has 0 saturated heterocycles. The molecule has 152 valence electrons. The third kappa shape index (κ3) is 5.12. The summed E-state index contributed by atoms with van der Waals surface area (Å²) < 4.78 is 11.3. The largest absolute Gasteiger partial charge is 0.489 e. The second-order valence-corrected chi connectivity index (χ2v) is 7.54. The number of aromatic nitrogens is 2. The maximum absolute atomic E-state index is 12.3. The van der Waals surface area contributed by atoms with Crippen LogP contribution >= 0.6 is 11.5 Å². The van der Waals surface area contributed by atoms with E-state index in [9.17, 15) is 4.79 Å². The van der Waals surface area contributed by atoms with Crippen molar-refractivity contribution >= 4 is 33.3 Å². The van der Waals surface area contributed by atoms with Crippen molar-refractivity contribution in [1.29, 1.82) is 0 Å². The average Bonchev–Trinajstić information content (AvgIpc) is 3.21. The lowest BCUT2D eigenvalue weighted by molar-refractivity contribution is 0.0953. The Balaban J connectivity index is 1.18. The van der Waals surface area contributed by atoms with E-state index in [4.69, 9.17) is 4.74 Å². The van der Waals surface area contributed by atoms with Crippen LogP contribution in [-0.4, -0.2) is 28.4 Å². The molecule has 0 saturated carbocycles. The molecule has 0 aliphatic carbocycles. The number of anilines is 1. The van der Waals surface area contributed by atoms with Crippen LogP contribution in [0.4, 0.5) is 5.82 Å². The summed E-state index contributed by atoms with van der Waals surface area (Å²) in [4.78, 5) is 16.3. The molecule has 7 heteroatoms. The maximum Gasteiger partial charge on any atom is 0.251 e. The zero-order valence-electron chi connectivity index (χ0n) is 16.4. The lowest BCUT2D eigenvalue weighted by Crippen LogP contribution is -2.25. The molecule has 0 bridgehead atoms. The summed E-state index contributed by atoms with van der Waals surface area (Å²) in [5.74, 6) is 1.54. The van der Waals surface area contributed by atoms with Crippen LogP contribution in [0.5, 0.6) is 5.75 Å². The van der Waals surface area contributed by atoms with Gasteiger partial charge in [0.15, 0.2) is 0 Å². The second-order valence-electron chi connectivity index (χ2n) is 6.73. The van der Waals surface area contributed by atoms with Gasteiger partial charge in [-0.05, 0) is 72.0 Å². The molecule has 0 spiro atoms. The normalized spacial score (nSPS) is 10.7. The fraction of sp³-hybridized carbons (Fsp3) is 0.174. The van der Waals surface area contributed by atoms with Crippen LogP contribution in [0, 0.1) is 0 Å². The Morgan fingerprint density at radius 2 is 1.77 bits per heavy atom. The van der Waals surface area contributed by atoms with E-state index in [-0.39, 0.29) is 5.91 Å². The Kier molecular flexibility index (Phi) is 6.51. The van der Waals surface area contributed by atoms with E-state index in [0.717, 1.165) is 35.5 Å². The third-order valence-corrected chi connectivity index (χ3v) is 5.41. The number of hydrogen-bond donors (Lipinski definition) is 2. The molecular weight excluding hydrogens is 396 g/mol. The van der Waals surface area contributed by atoms with E-state index in [0.29, 0.717) is 18.7 Å². The summed E-state index contributed by atoms with van der Waals surface area (Å²) in [7, 11) is 0. The van der Waals surface area contributed by atoms with E-state index in [1.54, 1.807) is 24.5 Å². The first-order valence-electron chi connectivity index (χ1n) is 9.78. The van der Waals surface area contributed by atoms with E-state index < -0.39 is 0 Å². The molecule has 2 aromatic carbocycles. The number of nitrogens with zero attached hydrogens (tertiary/aromatic N) is 2. The molecule has 2 heterocycles. The molecule has 0 aliphatic rings. The highest BCUT2D eigenvalue weighted by atomic mass is 32.1. The van der Waals surface area contributed by atoms with Gasteiger partial charge in [-0.15, -0.1) is 0 Å². The van der Waals surface area contributed by atoms with Gasteiger partial charge < -0.3 is 15.4 Å². The van der Waals surface area contributed by atoms with Crippen molar-refractivity contribution in [3.8, 4) is 5.75 Å². The highest BCUT2D eigenvalue weighted by Crippen LogP contribution is 2.25. The Morgan fingerprint density at radius 1 is 0.967 bits per heavy atom. The summed E-state index contributed by atoms with van der Waals surface area (Å²) in [5.41, 5.74) is 1.66. The third-order valence-electron chi connectivity index (χ3n) is 4.58. The summed E-state index contributed by atoms with van der Waals surface area (Å²) >= 11 is 1.49. The van der Waals surface area contributed by atoms with Crippen molar-refractivity contribution in [3.05, 3.63) is 84.2 Å². The summed E-state index contributed by atoms with van der Waals surface area (Å²) in [6.45, 7) is 1.80. The number of amides is 1. The van der Waals surface area contributed by atoms with Crippen molar-refractivity contribution in [2.75, 3.05) is 18.4 Å². The van der Waals surface area contributed by atoms with E-state index in [1.807, 2.05) is 36.4 Å². The van der Waals surface area contributed by atoms with Gasteiger partial charge in [-0.1, -0.05) is 12.1 Å². The fourth-order valence-corrected chi connectivity index (χ4v) is 3.72. The molecule has 30 heavy (non-hydrogen) atoms. The van der Waals surface area contributed by atoms with Crippen molar-refractivity contribution in [1.82, 2.24) is 14.7 Å². The Morgan fingerprint density at radius 3 is 2.60 bits per heavy atom. The van der Waals surface area contributed by atoms with Crippen LogP contribution in [0.3, 0.4) is 0 Å². The number of ether oxygens (including phenoxy) is 1. The number of carbonyl (C=O) groups excluding carboxylic acids is 1. The first-order valence-corrected chi connectivity index (χ1v) is 10.6. The van der Waals surface area contributed by atoms with Crippen molar-refractivity contribution in [3.63, 3.8) is 0 Å². The Hall–Kier alpha value is -3.45. The quantitative estimate of drug-likeness (QED) is 0.391. The van der Waals surface area contributed by atoms with Crippen LogP contribution in [0.15, 0.2) is 73.1 Å². The molecule has 2 aromatic heterocycles. The molecule has 0 unspecified atom stereocenters. The van der Waals surface area contributed by atoms with Gasteiger partial charge in [0.1, 0.15) is 18.2 Å². The first-order chi connectivity index (χ1) is 14.8. The zero-order valence-corrected chi connectivity index (χ0v) is 17.2. The van der Waals surface area contributed by atoms with Gasteiger partial charge >= 0.3 is 0 Å². The van der Waals surface area contributed by atoms with Gasteiger partial charge in [-0.25, -0.2) is 0 Å². The monoisotopic (exact) mass is 418 g/mol. The van der Waals surface area contributed by atoms with E-state index in [2.05, 4.69) is 32.1 Å². The van der Waals surface area contributed by atoms with Crippen LogP contribution in [0.1, 0.15) is 22.3 Å². The molecule has 0 atom stereocenters. The highest BCUT2D eigenvalue weighted by Gasteiger charge is 2.06. The van der Waals surface area contributed by atoms with Crippen molar-refractivity contribution in [2.45, 2.75) is 13.0 Å². The predicted molar refractivity (Wildman–Crippen MR) is 120 cm³/mol. The number of hydrogen-bond acceptors (Lipinski definition) is 6. The van der Waals surface area contributed by atoms with Crippen LogP contribution < -0.4 is 15.4 Å². The number of fused-ring (bicyclic) bond motifs is 1. The minimum atomic E-state index is -0.0882. The Bertz CT molecular complexity index is 1100. The summed E-state index contributed by atoms with van der Waals surface area (Å²) in [6.07, 6.45) is 4.28. The van der Waals surface area contributed by atoms with Crippen LogP contribution in [-0.2, 0) is 6.61 Å². The minimum Gasteiger partial charge on any atom is -0.489 e. The lowest BCUT2D eigenvalue weighted by atomic mass is 10.2. The number of rotatable bonds is 9. The lowest BCUT2D eigenvalue weighted by Gasteiger charge is -2.08. The predicted octanol–water partition coefficient (Wildman–Crippen LogP) is 4.50. The molecule has 4 aromatic rings. The molecule has 2 N–H and O–H groups in total. The van der Waals surface area contributed by atoms with E-state index in [1.165, 1.54) is 16.2 Å². The van der Waals surface area contributed by atoms with Gasteiger partial charge in [0, 0.05) is 36.4 Å². The molecule has 0 aliphatic heterocycles. The summed E-state index contributed by atoms with van der Waals surface area (Å²) in [6, 6.07) is 19.1. The van der Waals surface area contributed by atoms with Crippen molar-refractivity contribution < 1.29 is 9.53 Å². The molecule has 4 rings (SSSR count). The SMILES string of the molecule is O=C(NCCCNc1nsc2ccccc12)c1ccc(OCc2ccncc2)cc1. The van der Waals surface area contributed by atoms with Crippen LogP contribution in [0.25, 0.3) is 10.1 Å². The fourth-order valence-electron chi connectivity index (χ4n) is 2.96. The average molecular weight is 419 g/mol.